The first kappa shape index (κ1) is 17.8. The third kappa shape index (κ3) is 3.63. The van der Waals surface area contributed by atoms with E-state index in [2.05, 4.69) is 20.1 Å². The van der Waals surface area contributed by atoms with Crippen LogP contribution < -0.4 is 4.90 Å². The lowest BCUT2D eigenvalue weighted by atomic mass is 10.1. The van der Waals surface area contributed by atoms with Gasteiger partial charge in [0.2, 0.25) is 5.91 Å². The van der Waals surface area contributed by atoms with Crippen molar-refractivity contribution >= 4 is 28.1 Å². The van der Waals surface area contributed by atoms with Crippen LogP contribution in [0.25, 0.3) is 0 Å². The normalized spacial score (nSPS) is 17.3. The number of likely N-dealkylation sites (tertiary alicyclic amines) is 1. The van der Waals surface area contributed by atoms with E-state index < -0.39 is 5.82 Å². The number of H-pyrrole nitrogens is 1. The van der Waals surface area contributed by atoms with Gasteiger partial charge in [0.15, 0.2) is 5.13 Å². The Kier molecular flexibility index (Phi) is 5.00. The van der Waals surface area contributed by atoms with Gasteiger partial charge in [-0.15, -0.1) is 11.3 Å². The molecule has 1 amide bonds. The van der Waals surface area contributed by atoms with Crippen LogP contribution >= 0.6 is 11.3 Å². The van der Waals surface area contributed by atoms with Gasteiger partial charge < -0.3 is 0 Å². The van der Waals surface area contributed by atoms with Gasteiger partial charge in [0.25, 0.3) is 0 Å². The quantitative estimate of drug-likeness (QED) is 0.720. The number of hydrogen-bond acceptors (Lipinski definition) is 5. The summed E-state index contributed by atoms with van der Waals surface area (Å²) >= 11 is 1.35. The number of aromatic nitrogens is 3. The van der Waals surface area contributed by atoms with Crippen molar-refractivity contribution in [3.63, 3.8) is 0 Å². The third-order valence-corrected chi connectivity index (χ3v) is 5.65. The minimum atomic E-state index is -0.441. The molecule has 1 fully saturated rings. The number of halogens is 1. The van der Waals surface area contributed by atoms with Crippen LogP contribution in [0.4, 0.5) is 15.2 Å². The fraction of sp³-hybridized carbons (Fsp3) is 0.316. The van der Waals surface area contributed by atoms with Crippen LogP contribution in [0, 0.1) is 5.82 Å². The molecule has 8 heteroatoms. The number of carbonyl (C=O) groups excluding carboxylic acids is 1. The average molecular weight is 385 g/mol. The largest absolute Gasteiger partial charge is 0.290 e. The highest BCUT2D eigenvalue weighted by molar-refractivity contribution is 7.14. The highest BCUT2D eigenvalue weighted by atomic mass is 32.1. The minimum absolute atomic E-state index is 0.225. The van der Waals surface area contributed by atoms with E-state index >= 15 is 0 Å². The van der Waals surface area contributed by atoms with Gasteiger partial charge in [0.05, 0.1) is 17.6 Å². The molecule has 0 spiro atoms. The SMILES string of the molecule is CC(=O)N(c1nc(CN2CCCC2c2cn[nH]c2)cs1)c1ccccc1F. The molecule has 0 radical (unpaired) electrons. The summed E-state index contributed by atoms with van der Waals surface area (Å²) in [5.41, 5.74) is 2.29. The zero-order chi connectivity index (χ0) is 18.8. The first-order valence-electron chi connectivity index (χ1n) is 8.86. The molecule has 1 saturated heterocycles. The van der Waals surface area contributed by atoms with E-state index in [1.165, 1.54) is 34.8 Å². The van der Waals surface area contributed by atoms with Crippen molar-refractivity contribution in [1.29, 1.82) is 0 Å². The van der Waals surface area contributed by atoms with Crippen molar-refractivity contribution in [2.75, 3.05) is 11.4 Å². The summed E-state index contributed by atoms with van der Waals surface area (Å²) in [5, 5.41) is 9.36. The van der Waals surface area contributed by atoms with Crippen LogP contribution in [-0.4, -0.2) is 32.5 Å². The molecule has 0 saturated carbocycles. The van der Waals surface area contributed by atoms with Crippen molar-refractivity contribution in [3.8, 4) is 0 Å². The Morgan fingerprint density at radius 3 is 3.04 bits per heavy atom. The number of benzene rings is 1. The summed E-state index contributed by atoms with van der Waals surface area (Å²) in [6.45, 7) is 3.10. The molecule has 0 bridgehead atoms. The standard InChI is InChI=1S/C19H20FN5OS/c1-13(26)25(18-6-3-2-5-16(18)20)19-23-15(12-27-19)11-24-8-4-7-17(24)14-9-21-22-10-14/h2-3,5-6,9-10,12,17H,4,7-8,11H2,1H3,(H,21,22). The van der Waals surface area contributed by atoms with Gasteiger partial charge in [0.1, 0.15) is 5.82 Å². The molecule has 3 heterocycles. The van der Waals surface area contributed by atoms with Gasteiger partial charge in [-0.05, 0) is 31.5 Å². The molecular formula is C19H20FN5OS. The Hall–Kier alpha value is -2.58. The number of hydrogen-bond donors (Lipinski definition) is 1. The molecule has 2 aromatic heterocycles. The minimum Gasteiger partial charge on any atom is -0.290 e. The van der Waals surface area contributed by atoms with E-state index in [9.17, 15) is 9.18 Å². The number of carbonyl (C=O) groups is 1. The summed E-state index contributed by atoms with van der Waals surface area (Å²) < 4.78 is 14.2. The summed E-state index contributed by atoms with van der Waals surface area (Å²) in [4.78, 5) is 20.5. The molecule has 27 heavy (non-hydrogen) atoms. The van der Waals surface area contributed by atoms with Crippen LogP contribution in [0.15, 0.2) is 42.0 Å². The smallest absolute Gasteiger partial charge is 0.230 e. The topological polar surface area (TPSA) is 65.1 Å². The number of thiazole rings is 1. The number of anilines is 2. The van der Waals surface area contributed by atoms with Crippen molar-refractivity contribution in [3.05, 3.63) is 59.1 Å². The van der Waals surface area contributed by atoms with Crippen LogP contribution in [0.2, 0.25) is 0 Å². The van der Waals surface area contributed by atoms with E-state index in [-0.39, 0.29) is 11.6 Å². The van der Waals surface area contributed by atoms with Crippen molar-refractivity contribution in [2.45, 2.75) is 32.4 Å². The summed E-state index contributed by atoms with van der Waals surface area (Å²) in [6, 6.07) is 6.58. The second-order valence-corrected chi connectivity index (χ2v) is 7.42. The van der Waals surface area contributed by atoms with Crippen molar-refractivity contribution in [1.82, 2.24) is 20.1 Å². The first-order valence-corrected chi connectivity index (χ1v) is 9.74. The molecule has 1 aliphatic rings. The zero-order valence-corrected chi connectivity index (χ0v) is 15.7. The van der Waals surface area contributed by atoms with E-state index in [1.54, 1.807) is 18.2 Å². The maximum absolute atomic E-state index is 14.2. The Balaban J connectivity index is 1.55. The number of rotatable bonds is 5. The van der Waals surface area contributed by atoms with Gasteiger partial charge >= 0.3 is 0 Å². The molecule has 1 unspecified atom stereocenters. The Morgan fingerprint density at radius 1 is 1.44 bits per heavy atom. The number of para-hydroxylation sites is 1. The van der Waals surface area contributed by atoms with Crippen LogP contribution in [0.1, 0.15) is 37.1 Å². The second kappa shape index (κ2) is 7.58. The molecule has 1 N–H and O–H groups in total. The van der Waals surface area contributed by atoms with Crippen molar-refractivity contribution < 1.29 is 9.18 Å². The third-order valence-electron chi connectivity index (χ3n) is 4.77. The molecule has 3 aromatic rings. The summed E-state index contributed by atoms with van der Waals surface area (Å²) in [5.74, 6) is -0.706. The van der Waals surface area contributed by atoms with Gasteiger partial charge in [-0.2, -0.15) is 5.10 Å². The predicted molar refractivity (Wildman–Crippen MR) is 102 cm³/mol. The molecule has 4 rings (SSSR count). The van der Waals surface area contributed by atoms with E-state index in [4.69, 9.17) is 0 Å². The highest BCUT2D eigenvalue weighted by Crippen LogP contribution is 2.35. The number of aromatic amines is 1. The van der Waals surface area contributed by atoms with E-state index in [0.29, 0.717) is 17.7 Å². The fourth-order valence-corrected chi connectivity index (χ4v) is 4.43. The highest BCUT2D eigenvalue weighted by Gasteiger charge is 2.28. The van der Waals surface area contributed by atoms with Crippen LogP contribution in [-0.2, 0) is 11.3 Å². The Morgan fingerprint density at radius 2 is 2.30 bits per heavy atom. The van der Waals surface area contributed by atoms with Crippen LogP contribution in [0.3, 0.4) is 0 Å². The predicted octanol–water partition coefficient (Wildman–Crippen LogP) is 4.03. The monoisotopic (exact) mass is 385 g/mol. The molecule has 6 nitrogen and oxygen atoms in total. The fourth-order valence-electron chi connectivity index (χ4n) is 3.56. The van der Waals surface area contributed by atoms with Gasteiger partial charge in [-0.25, -0.2) is 9.37 Å². The zero-order valence-electron chi connectivity index (χ0n) is 14.9. The van der Waals surface area contributed by atoms with Crippen LogP contribution in [0.5, 0.6) is 0 Å². The Labute approximate surface area is 160 Å². The first-order chi connectivity index (χ1) is 13.1. The Bertz CT molecular complexity index is 926. The van der Waals surface area contributed by atoms with E-state index in [0.717, 1.165) is 25.1 Å². The molecule has 1 aliphatic heterocycles. The number of amides is 1. The molecule has 0 aliphatic carbocycles. The average Bonchev–Trinajstić information content (AvgIpc) is 3.39. The van der Waals surface area contributed by atoms with Gasteiger partial charge in [0, 0.05) is 36.7 Å². The lowest BCUT2D eigenvalue weighted by Crippen LogP contribution is -2.24. The summed E-state index contributed by atoms with van der Waals surface area (Å²) in [6.07, 6.45) is 6.02. The van der Waals surface area contributed by atoms with Crippen molar-refractivity contribution in [2.24, 2.45) is 0 Å². The molecule has 1 atom stereocenters. The maximum Gasteiger partial charge on any atom is 0.230 e. The maximum atomic E-state index is 14.2. The molecule has 140 valence electrons. The van der Waals surface area contributed by atoms with Gasteiger partial charge in [-0.3, -0.25) is 19.7 Å². The molecular weight excluding hydrogens is 365 g/mol. The lowest BCUT2D eigenvalue weighted by Gasteiger charge is -2.22. The summed E-state index contributed by atoms with van der Waals surface area (Å²) in [7, 11) is 0. The van der Waals surface area contributed by atoms with Gasteiger partial charge in [-0.1, -0.05) is 12.1 Å². The lowest BCUT2D eigenvalue weighted by molar-refractivity contribution is -0.115. The number of nitrogens with one attached hydrogen (secondary N) is 1. The van der Waals surface area contributed by atoms with E-state index in [1.807, 2.05) is 17.8 Å². The second-order valence-electron chi connectivity index (χ2n) is 6.59. The number of nitrogens with zero attached hydrogens (tertiary/aromatic N) is 4. The molecule has 1 aromatic carbocycles.